The van der Waals surface area contributed by atoms with Gasteiger partial charge < -0.3 is 10.2 Å². The first-order valence-corrected chi connectivity index (χ1v) is 7.44. The van der Waals surface area contributed by atoms with Crippen LogP contribution in [-0.4, -0.2) is 48.8 Å². The number of nitrogens with one attached hydrogen (secondary N) is 2. The standard InChI is InChI=1S/C15H18F3N3O3/c16-15(17,18)10-24-20-14(23)21-8-6-12(7-9-21)19-13(22)11-4-2-1-3-5-11/h1-5,12H,6-10H2,(H,19,22)(H,20,23). The number of carbonyl (C=O) groups is 2. The molecule has 0 saturated carbocycles. The van der Waals surface area contributed by atoms with Crippen molar-refractivity contribution in [2.24, 2.45) is 0 Å². The molecule has 0 atom stereocenters. The first kappa shape index (κ1) is 18.1. The lowest BCUT2D eigenvalue weighted by Crippen LogP contribution is -2.49. The van der Waals surface area contributed by atoms with Crippen molar-refractivity contribution < 1.29 is 27.6 Å². The van der Waals surface area contributed by atoms with Crippen LogP contribution in [0.3, 0.4) is 0 Å². The van der Waals surface area contributed by atoms with E-state index in [-0.39, 0.29) is 11.9 Å². The number of likely N-dealkylation sites (tertiary alicyclic amines) is 1. The van der Waals surface area contributed by atoms with Crippen LogP contribution in [0.4, 0.5) is 18.0 Å². The highest BCUT2D eigenvalue weighted by Crippen LogP contribution is 2.14. The monoisotopic (exact) mass is 345 g/mol. The summed E-state index contributed by atoms with van der Waals surface area (Å²) in [6.45, 7) is -0.899. The van der Waals surface area contributed by atoms with Crippen LogP contribution in [0.15, 0.2) is 30.3 Å². The van der Waals surface area contributed by atoms with Crippen molar-refractivity contribution in [1.29, 1.82) is 0 Å². The number of amides is 3. The lowest BCUT2D eigenvalue weighted by atomic mass is 10.0. The Bertz CT molecular complexity index is 558. The fourth-order valence-corrected chi connectivity index (χ4v) is 2.33. The van der Waals surface area contributed by atoms with E-state index in [0.29, 0.717) is 31.5 Å². The molecule has 0 spiro atoms. The zero-order valence-corrected chi connectivity index (χ0v) is 12.8. The van der Waals surface area contributed by atoms with E-state index in [4.69, 9.17) is 0 Å². The molecule has 2 rings (SSSR count). The van der Waals surface area contributed by atoms with E-state index >= 15 is 0 Å². The molecule has 1 aliphatic rings. The van der Waals surface area contributed by atoms with Crippen LogP contribution in [-0.2, 0) is 4.84 Å². The summed E-state index contributed by atoms with van der Waals surface area (Å²) in [5.41, 5.74) is 2.32. The molecule has 0 bridgehead atoms. The molecule has 24 heavy (non-hydrogen) atoms. The average molecular weight is 345 g/mol. The Hall–Kier alpha value is -2.29. The Morgan fingerprint density at radius 2 is 1.79 bits per heavy atom. The summed E-state index contributed by atoms with van der Waals surface area (Å²) in [6, 6.07) is 7.96. The number of alkyl halides is 3. The Kier molecular flexibility index (Phi) is 6.02. The molecule has 9 heteroatoms. The molecule has 3 amide bonds. The maximum Gasteiger partial charge on any atom is 0.414 e. The minimum absolute atomic E-state index is 0.0853. The molecular weight excluding hydrogens is 327 g/mol. The van der Waals surface area contributed by atoms with Crippen LogP contribution < -0.4 is 10.8 Å². The molecule has 0 aromatic heterocycles. The topological polar surface area (TPSA) is 70.7 Å². The highest BCUT2D eigenvalue weighted by molar-refractivity contribution is 5.94. The van der Waals surface area contributed by atoms with Gasteiger partial charge in [-0.25, -0.2) is 10.3 Å². The molecule has 0 radical (unpaired) electrons. The van der Waals surface area contributed by atoms with E-state index in [1.54, 1.807) is 29.7 Å². The third kappa shape index (κ3) is 5.73. The predicted octanol–water partition coefficient (Wildman–Crippen LogP) is 2.08. The Morgan fingerprint density at radius 1 is 1.17 bits per heavy atom. The molecule has 0 aliphatic carbocycles. The molecule has 0 unspecified atom stereocenters. The van der Waals surface area contributed by atoms with Gasteiger partial charge in [0.05, 0.1) is 0 Å². The normalized spacial score (nSPS) is 15.9. The van der Waals surface area contributed by atoms with E-state index < -0.39 is 18.8 Å². The van der Waals surface area contributed by atoms with Crippen LogP contribution in [0, 0.1) is 0 Å². The van der Waals surface area contributed by atoms with Crippen molar-refractivity contribution in [1.82, 2.24) is 15.7 Å². The first-order chi connectivity index (χ1) is 11.3. The van der Waals surface area contributed by atoms with Crippen LogP contribution in [0.2, 0.25) is 0 Å². The van der Waals surface area contributed by atoms with Gasteiger partial charge in [0, 0.05) is 24.7 Å². The van der Waals surface area contributed by atoms with E-state index in [0.717, 1.165) is 0 Å². The number of carbonyl (C=O) groups excluding carboxylic acids is 2. The highest BCUT2D eigenvalue weighted by atomic mass is 19.4. The second-order valence-electron chi connectivity index (χ2n) is 5.41. The van der Waals surface area contributed by atoms with Gasteiger partial charge in [0.2, 0.25) is 0 Å². The summed E-state index contributed by atoms with van der Waals surface area (Å²) in [5, 5.41) is 2.88. The van der Waals surface area contributed by atoms with Gasteiger partial charge in [0.1, 0.15) is 0 Å². The number of benzene rings is 1. The van der Waals surface area contributed by atoms with Crippen molar-refractivity contribution in [3.63, 3.8) is 0 Å². The zero-order chi connectivity index (χ0) is 17.6. The largest absolute Gasteiger partial charge is 0.414 e. The maximum atomic E-state index is 12.0. The molecule has 6 nitrogen and oxygen atoms in total. The number of nitrogens with zero attached hydrogens (tertiary/aromatic N) is 1. The average Bonchev–Trinajstić information content (AvgIpc) is 2.55. The fraction of sp³-hybridized carbons (Fsp3) is 0.467. The fourth-order valence-electron chi connectivity index (χ4n) is 2.33. The number of halogens is 3. The smallest absolute Gasteiger partial charge is 0.349 e. The van der Waals surface area contributed by atoms with Gasteiger partial charge in [-0.3, -0.25) is 9.63 Å². The number of rotatable bonds is 4. The predicted molar refractivity (Wildman–Crippen MR) is 79.0 cm³/mol. The van der Waals surface area contributed by atoms with Crippen molar-refractivity contribution in [3.8, 4) is 0 Å². The SMILES string of the molecule is O=C(NC1CCN(C(=O)NOCC(F)(F)F)CC1)c1ccccc1. The third-order valence-corrected chi connectivity index (χ3v) is 3.55. The first-order valence-electron chi connectivity index (χ1n) is 7.44. The molecule has 2 N–H and O–H groups in total. The second kappa shape index (κ2) is 8.00. The van der Waals surface area contributed by atoms with Crippen LogP contribution >= 0.6 is 0 Å². The molecule has 1 aliphatic heterocycles. The Balaban J connectivity index is 1.71. The minimum atomic E-state index is -4.50. The summed E-state index contributed by atoms with van der Waals surface area (Å²) in [5.74, 6) is -0.188. The third-order valence-electron chi connectivity index (χ3n) is 3.55. The van der Waals surface area contributed by atoms with Gasteiger partial charge in [-0.05, 0) is 25.0 Å². The molecule has 1 fully saturated rings. The van der Waals surface area contributed by atoms with E-state index in [1.807, 2.05) is 6.07 Å². The lowest BCUT2D eigenvalue weighted by molar-refractivity contribution is -0.184. The number of piperidine rings is 1. The number of hydrogen-bond acceptors (Lipinski definition) is 3. The number of urea groups is 1. The van der Waals surface area contributed by atoms with E-state index in [9.17, 15) is 22.8 Å². The lowest BCUT2D eigenvalue weighted by Gasteiger charge is -2.32. The van der Waals surface area contributed by atoms with Gasteiger partial charge in [-0.2, -0.15) is 13.2 Å². The number of hydroxylamine groups is 1. The van der Waals surface area contributed by atoms with Gasteiger partial charge in [0.15, 0.2) is 6.61 Å². The summed E-state index contributed by atoms with van der Waals surface area (Å²) in [4.78, 5) is 29.2. The molecule has 1 aromatic rings. The van der Waals surface area contributed by atoms with Gasteiger partial charge in [0.25, 0.3) is 5.91 Å². The van der Waals surface area contributed by atoms with Gasteiger partial charge in [-0.1, -0.05) is 18.2 Å². The zero-order valence-electron chi connectivity index (χ0n) is 12.8. The minimum Gasteiger partial charge on any atom is -0.349 e. The molecule has 1 aromatic carbocycles. The summed E-state index contributed by atoms with van der Waals surface area (Å²) >= 11 is 0. The summed E-state index contributed by atoms with van der Waals surface area (Å²) in [7, 11) is 0. The molecule has 1 saturated heterocycles. The Morgan fingerprint density at radius 3 is 2.38 bits per heavy atom. The molecule has 1 heterocycles. The van der Waals surface area contributed by atoms with Crippen molar-refractivity contribution in [2.45, 2.75) is 25.1 Å². The quantitative estimate of drug-likeness (QED) is 0.821. The van der Waals surface area contributed by atoms with Crippen LogP contribution in [0.5, 0.6) is 0 Å². The van der Waals surface area contributed by atoms with E-state index in [2.05, 4.69) is 10.2 Å². The van der Waals surface area contributed by atoms with Crippen molar-refractivity contribution in [2.75, 3.05) is 19.7 Å². The van der Waals surface area contributed by atoms with Crippen molar-refractivity contribution >= 4 is 11.9 Å². The van der Waals surface area contributed by atoms with Crippen molar-refractivity contribution in [3.05, 3.63) is 35.9 Å². The number of hydrogen-bond donors (Lipinski definition) is 2. The van der Waals surface area contributed by atoms with Gasteiger partial charge in [-0.15, -0.1) is 0 Å². The Labute approximate surface area is 136 Å². The van der Waals surface area contributed by atoms with Crippen LogP contribution in [0.1, 0.15) is 23.2 Å². The van der Waals surface area contributed by atoms with E-state index in [1.165, 1.54) is 4.90 Å². The summed E-state index contributed by atoms with van der Waals surface area (Å²) < 4.78 is 35.8. The highest BCUT2D eigenvalue weighted by Gasteiger charge is 2.29. The van der Waals surface area contributed by atoms with Gasteiger partial charge >= 0.3 is 12.2 Å². The summed E-state index contributed by atoms with van der Waals surface area (Å²) in [6.07, 6.45) is -3.46. The van der Waals surface area contributed by atoms with Crippen LogP contribution in [0.25, 0.3) is 0 Å². The second-order valence-corrected chi connectivity index (χ2v) is 5.41. The molecule has 132 valence electrons. The molecular formula is C15H18F3N3O3. The maximum absolute atomic E-state index is 12.0.